The summed E-state index contributed by atoms with van der Waals surface area (Å²) in [4.78, 5) is 13.1. The number of carbonyl (C=O) groups is 1. The van der Waals surface area contributed by atoms with Crippen molar-refractivity contribution in [2.45, 2.75) is 62.3 Å². The number of hydrogen-bond acceptors (Lipinski definition) is 4. The van der Waals surface area contributed by atoms with E-state index in [-0.39, 0.29) is 16.8 Å². The van der Waals surface area contributed by atoms with E-state index >= 15 is 0 Å². The Morgan fingerprint density at radius 2 is 1.74 bits per heavy atom. The molecule has 1 aliphatic heterocycles. The summed E-state index contributed by atoms with van der Waals surface area (Å²) in [5.41, 5.74) is 0. The Bertz CT molecular complexity index is 642. The molecule has 0 aromatic carbocycles. The van der Waals surface area contributed by atoms with Gasteiger partial charge in [-0.2, -0.15) is 4.31 Å². The molecule has 1 aromatic heterocycles. The van der Waals surface area contributed by atoms with Gasteiger partial charge in [0.1, 0.15) is 9.77 Å². The Kier molecular flexibility index (Phi) is 5.38. The molecule has 2 fully saturated rings. The number of piperidine rings is 1. The van der Waals surface area contributed by atoms with Crippen LogP contribution in [0, 0.1) is 0 Å². The Balaban J connectivity index is 1.76. The van der Waals surface area contributed by atoms with Gasteiger partial charge < -0.3 is 5.32 Å². The zero-order valence-corrected chi connectivity index (χ0v) is 14.9. The van der Waals surface area contributed by atoms with Gasteiger partial charge >= 0.3 is 0 Å². The zero-order chi connectivity index (χ0) is 16.3. The summed E-state index contributed by atoms with van der Waals surface area (Å²) >= 11 is 1.22. The van der Waals surface area contributed by atoms with Gasteiger partial charge in [-0.3, -0.25) is 4.79 Å². The van der Waals surface area contributed by atoms with Crippen molar-refractivity contribution in [1.82, 2.24) is 9.62 Å². The maximum absolute atomic E-state index is 12.8. The molecule has 2 heterocycles. The molecule has 2 aliphatic rings. The van der Waals surface area contributed by atoms with E-state index in [1.54, 1.807) is 11.4 Å². The highest BCUT2D eigenvalue weighted by Crippen LogP contribution is 2.28. The molecule has 1 saturated heterocycles. The Morgan fingerprint density at radius 1 is 1.09 bits per heavy atom. The van der Waals surface area contributed by atoms with Gasteiger partial charge in [0.25, 0.3) is 5.91 Å². The zero-order valence-electron chi connectivity index (χ0n) is 13.3. The molecule has 1 aliphatic carbocycles. The Morgan fingerprint density at radius 3 is 2.43 bits per heavy atom. The number of sulfonamides is 1. The van der Waals surface area contributed by atoms with Gasteiger partial charge in [0.2, 0.25) is 10.0 Å². The predicted octanol–water partition coefficient (Wildman–Crippen LogP) is 2.99. The Labute approximate surface area is 142 Å². The molecule has 0 unspecified atom stereocenters. The summed E-state index contributed by atoms with van der Waals surface area (Å²) < 4.78 is 27.2. The number of hydrogen-bond donors (Lipinski definition) is 1. The minimum atomic E-state index is -3.55. The summed E-state index contributed by atoms with van der Waals surface area (Å²) in [5, 5.41) is 4.73. The largest absolute Gasteiger partial charge is 0.349 e. The van der Waals surface area contributed by atoms with Crippen LogP contribution in [0.15, 0.2) is 16.3 Å². The number of thiophene rings is 1. The fourth-order valence-corrected chi connectivity index (χ4v) is 6.23. The first-order valence-electron chi connectivity index (χ1n) is 8.47. The van der Waals surface area contributed by atoms with Crippen LogP contribution < -0.4 is 5.32 Å². The normalized spacial score (nSPS) is 21.2. The van der Waals surface area contributed by atoms with Gasteiger partial charge in [-0.25, -0.2) is 8.42 Å². The van der Waals surface area contributed by atoms with Crippen molar-refractivity contribution in [3.05, 3.63) is 16.3 Å². The van der Waals surface area contributed by atoms with Crippen molar-refractivity contribution in [3.8, 4) is 0 Å². The van der Waals surface area contributed by atoms with E-state index in [1.807, 2.05) is 0 Å². The number of nitrogens with one attached hydrogen (secondary N) is 1. The topological polar surface area (TPSA) is 66.5 Å². The maximum atomic E-state index is 12.8. The van der Waals surface area contributed by atoms with E-state index < -0.39 is 10.0 Å². The van der Waals surface area contributed by atoms with Crippen LogP contribution in [-0.2, 0) is 10.0 Å². The fraction of sp³-hybridized carbons (Fsp3) is 0.688. The standard InChI is InChI=1S/C16H24N2O3S2/c19-16(17-13-7-3-1-4-8-13)15-14(9-12-22-15)23(20,21)18-10-5-2-6-11-18/h9,12-13H,1-8,10-11H2,(H,17,19). The molecular formula is C16H24N2O3S2. The first-order valence-corrected chi connectivity index (χ1v) is 10.8. The molecule has 1 saturated carbocycles. The smallest absolute Gasteiger partial charge is 0.262 e. The highest BCUT2D eigenvalue weighted by Gasteiger charge is 2.31. The lowest BCUT2D eigenvalue weighted by molar-refractivity contribution is 0.0928. The first kappa shape index (κ1) is 16.9. The number of amides is 1. The lowest BCUT2D eigenvalue weighted by Crippen LogP contribution is -2.38. The number of carbonyl (C=O) groups excluding carboxylic acids is 1. The lowest BCUT2D eigenvalue weighted by atomic mass is 9.95. The van der Waals surface area contributed by atoms with E-state index in [9.17, 15) is 13.2 Å². The highest BCUT2D eigenvalue weighted by atomic mass is 32.2. The summed E-state index contributed by atoms with van der Waals surface area (Å²) in [6, 6.07) is 1.76. The number of nitrogens with zero attached hydrogens (tertiary/aromatic N) is 1. The monoisotopic (exact) mass is 356 g/mol. The molecule has 23 heavy (non-hydrogen) atoms. The van der Waals surface area contributed by atoms with Crippen molar-refractivity contribution < 1.29 is 13.2 Å². The van der Waals surface area contributed by atoms with Crippen molar-refractivity contribution in [2.24, 2.45) is 0 Å². The van der Waals surface area contributed by atoms with Crippen LogP contribution in [0.2, 0.25) is 0 Å². The molecule has 128 valence electrons. The quantitative estimate of drug-likeness (QED) is 0.902. The average molecular weight is 357 g/mol. The van der Waals surface area contributed by atoms with E-state index in [0.29, 0.717) is 18.0 Å². The SMILES string of the molecule is O=C(NC1CCCCC1)c1sccc1S(=O)(=O)N1CCCCC1. The molecule has 1 amide bonds. The van der Waals surface area contributed by atoms with Crippen LogP contribution in [0.1, 0.15) is 61.0 Å². The van der Waals surface area contributed by atoms with Crippen LogP contribution in [0.4, 0.5) is 0 Å². The minimum Gasteiger partial charge on any atom is -0.349 e. The molecule has 7 heteroatoms. The van der Waals surface area contributed by atoms with Crippen LogP contribution in [0.25, 0.3) is 0 Å². The average Bonchev–Trinajstić information content (AvgIpc) is 3.07. The maximum Gasteiger partial charge on any atom is 0.262 e. The van der Waals surface area contributed by atoms with Gasteiger partial charge in [-0.1, -0.05) is 25.7 Å². The van der Waals surface area contributed by atoms with E-state index in [2.05, 4.69) is 5.32 Å². The van der Waals surface area contributed by atoms with E-state index in [4.69, 9.17) is 0 Å². The van der Waals surface area contributed by atoms with E-state index in [1.165, 1.54) is 22.1 Å². The van der Waals surface area contributed by atoms with Crippen molar-refractivity contribution in [3.63, 3.8) is 0 Å². The second-order valence-electron chi connectivity index (χ2n) is 6.39. The highest BCUT2D eigenvalue weighted by molar-refractivity contribution is 7.89. The third kappa shape index (κ3) is 3.78. The minimum absolute atomic E-state index is 0.178. The van der Waals surface area contributed by atoms with Crippen molar-refractivity contribution in [1.29, 1.82) is 0 Å². The second kappa shape index (κ2) is 7.32. The van der Waals surface area contributed by atoms with Crippen LogP contribution in [0.5, 0.6) is 0 Å². The molecular weight excluding hydrogens is 332 g/mol. The summed E-state index contributed by atoms with van der Waals surface area (Å²) in [7, 11) is -3.55. The lowest BCUT2D eigenvalue weighted by Gasteiger charge is -2.26. The number of rotatable bonds is 4. The van der Waals surface area contributed by atoms with Crippen LogP contribution >= 0.6 is 11.3 Å². The van der Waals surface area contributed by atoms with Gasteiger partial charge in [-0.15, -0.1) is 11.3 Å². The first-order chi connectivity index (χ1) is 11.1. The predicted molar refractivity (Wildman–Crippen MR) is 91.3 cm³/mol. The third-order valence-corrected chi connectivity index (χ3v) is 7.69. The third-order valence-electron chi connectivity index (χ3n) is 4.71. The molecule has 5 nitrogen and oxygen atoms in total. The Hall–Kier alpha value is -0.920. The molecule has 0 radical (unpaired) electrons. The van der Waals surface area contributed by atoms with Gasteiger partial charge in [0.15, 0.2) is 0 Å². The van der Waals surface area contributed by atoms with Gasteiger partial charge in [0.05, 0.1) is 0 Å². The van der Waals surface area contributed by atoms with Crippen LogP contribution in [0.3, 0.4) is 0 Å². The van der Waals surface area contributed by atoms with Crippen molar-refractivity contribution >= 4 is 27.3 Å². The molecule has 1 aromatic rings. The van der Waals surface area contributed by atoms with Gasteiger partial charge in [-0.05, 0) is 37.1 Å². The molecule has 0 bridgehead atoms. The molecule has 3 rings (SSSR count). The van der Waals surface area contributed by atoms with Crippen molar-refractivity contribution in [2.75, 3.05) is 13.1 Å². The summed E-state index contributed by atoms with van der Waals surface area (Å²) in [6.07, 6.45) is 8.34. The van der Waals surface area contributed by atoms with E-state index in [0.717, 1.165) is 44.9 Å². The van der Waals surface area contributed by atoms with Gasteiger partial charge in [0, 0.05) is 19.1 Å². The summed E-state index contributed by atoms with van der Waals surface area (Å²) in [6.45, 7) is 1.11. The molecule has 1 N–H and O–H groups in total. The fourth-order valence-electron chi connectivity index (χ4n) is 3.41. The summed E-state index contributed by atoms with van der Waals surface area (Å²) in [5.74, 6) is -0.234. The molecule has 0 spiro atoms. The molecule has 0 atom stereocenters. The second-order valence-corrected chi connectivity index (χ2v) is 9.21. The van der Waals surface area contributed by atoms with Crippen LogP contribution in [-0.4, -0.2) is 37.8 Å².